The average molecular weight is 398 g/mol. The molecule has 144 valence electrons. The zero-order chi connectivity index (χ0) is 20.4. The summed E-state index contributed by atoms with van der Waals surface area (Å²) in [4.78, 5) is 0.905. The summed E-state index contributed by atoms with van der Waals surface area (Å²) in [6.07, 6.45) is 0. The lowest BCUT2D eigenvalue weighted by atomic mass is 10.1. The van der Waals surface area contributed by atoms with Crippen molar-refractivity contribution in [3.05, 3.63) is 52.8 Å². The highest BCUT2D eigenvalue weighted by Gasteiger charge is 2.31. The van der Waals surface area contributed by atoms with Gasteiger partial charge in [0, 0.05) is 18.2 Å². The van der Waals surface area contributed by atoms with Gasteiger partial charge >= 0.3 is 5.76 Å². The summed E-state index contributed by atoms with van der Waals surface area (Å²) in [5.41, 5.74) is 0.273. The van der Waals surface area contributed by atoms with Crippen LogP contribution >= 0.6 is 0 Å². The maximum absolute atomic E-state index is 13.6. The van der Waals surface area contributed by atoms with Gasteiger partial charge in [-0.05, 0) is 50.8 Å². The van der Waals surface area contributed by atoms with Crippen LogP contribution in [0, 0.1) is 24.1 Å². The van der Waals surface area contributed by atoms with Crippen LogP contribution in [0.4, 0.5) is 13.2 Å². The van der Waals surface area contributed by atoms with E-state index in [1.165, 1.54) is 17.0 Å². The fourth-order valence-electron chi connectivity index (χ4n) is 2.54. The minimum atomic E-state index is -4.92. The Morgan fingerprint density at radius 1 is 1.22 bits per heavy atom. The number of aryl methyl sites for hydroxylation is 1. The first kappa shape index (κ1) is 20.7. The van der Waals surface area contributed by atoms with Gasteiger partial charge in [-0.25, -0.2) is 12.8 Å². The van der Waals surface area contributed by atoms with Crippen LogP contribution in [0.15, 0.2) is 35.2 Å². The average Bonchev–Trinajstić information content (AvgIpc) is 2.53. The number of hydrogen-bond donors (Lipinski definition) is 0. The Hall–Kier alpha value is -2.57. The molecule has 0 saturated heterocycles. The van der Waals surface area contributed by atoms with E-state index >= 15 is 0 Å². The molecule has 0 aromatic heterocycles. The lowest BCUT2D eigenvalue weighted by Crippen LogP contribution is -2.19. The van der Waals surface area contributed by atoms with E-state index < -0.39 is 26.3 Å². The topological polar surface area (TPSA) is 70.4 Å². The molecule has 9 heteroatoms. The van der Waals surface area contributed by atoms with Crippen molar-refractivity contribution in [1.82, 2.24) is 4.90 Å². The second kappa shape index (κ2) is 7.98. The lowest BCUT2D eigenvalue weighted by molar-refractivity contribution is 0.234. The quantitative estimate of drug-likeness (QED) is 0.739. The summed E-state index contributed by atoms with van der Waals surface area (Å²) in [5.74, 6) is -4.12. The Bertz CT molecular complexity index is 979. The molecule has 2 aromatic rings. The molecule has 0 fully saturated rings. The molecule has 0 spiro atoms. The van der Waals surface area contributed by atoms with Crippen LogP contribution in [0.2, 0.25) is 0 Å². The van der Waals surface area contributed by atoms with E-state index in [2.05, 4.69) is 0 Å². The highest BCUT2D eigenvalue weighted by Crippen LogP contribution is 2.34. The standard InChI is InChI=1S/C18H17F3N2O3S/c1-11-6-12(19)8-13(7-11)26-16-4-5-17(27(24,25)18(20)21)15(10-23(2)3)14(16)9-22/h4-8,18H,10H2,1-3H3. The van der Waals surface area contributed by atoms with Crippen molar-refractivity contribution in [3.63, 3.8) is 0 Å². The Balaban J connectivity index is 2.66. The molecule has 0 heterocycles. The third-order valence-corrected chi connectivity index (χ3v) is 5.07. The maximum Gasteiger partial charge on any atom is 0.341 e. The Kier molecular flexibility index (Phi) is 6.13. The van der Waals surface area contributed by atoms with Crippen molar-refractivity contribution in [1.29, 1.82) is 5.26 Å². The second-order valence-electron chi connectivity index (χ2n) is 6.14. The third-order valence-electron chi connectivity index (χ3n) is 3.60. The minimum Gasteiger partial charge on any atom is -0.456 e. The highest BCUT2D eigenvalue weighted by atomic mass is 32.2. The molecule has 2 aromatic carbocycles. The Morgan fingerprint density at radius 3 is 2.41 bits per heavy atom. The molecular weight excluding hydrogens is 381 g/mol. The lowest BCUT2D eigenvalue weighted by Gasteiger charge is -2.18. The number of benzene rings is 2. The van der Waals surface area contributed by atoms with E-state index in [1.54, 1.807) is 21.0 Å². The summed E-state index contributed by atoms with van der Waals surface area (Å²) in [7, 11) is -1.71. The molecule has 0 N–H and O–H groups in total. The molecule has 2 rings (SSSR count). The van der Waals surface area contributed by atoms with E-state index in [4.69, 9.17) is 4.74 Å². The monoisotopic (exact) mass is 398 g/mol. The summed E-state index contributed by atoms with van der Waals surface area (Å²) < 4.78 is 69.2. The normalized spacial score (nSPS) is 11.7. The molecule has 0 atom stereocenters. The van der Waals surface area contributed by atoms with Crippen LogP contribution in [0.1, 0.15) is 16.7 Å². The molecule has 0 aliphatic rings. The number of nitriles is 1. The number of nitrogens with zero attached hydrogens (tertiary/aromatic N) is 2. The summed E-state index contributed by atoms with van der Waals surface area (Å²) in [5, 5.41) is 9.52. The SMILES string of the molecule is Cc1cc(F)cc(Oc2ccc(S(=O)(=O)C(F)F)c(CN(C)C)c2C#N)c1. The summed E-state index contributed by atoms with van der Waals surface area (Å²) in [6, 6.07) is 7.82. The van der Waals surface area contributed by atoms with E-state index in [0.717, 1.165) is 18.2 Å². The van der Waals surface area contributed by atoms with Gasteiger partial charge in [0.2, 0.25) is 9.84 Å². The van der Waals surface area contributed by atoms with E-state index in [9.17, 15) is 26.9 Å². The van der Waals surface area contributed by atoms with Gasteiger partial charge in [0.05, 0.1) is 4.90 Å². The van der Waals surface area contributed by atoms with Crippen LogP contribution in [0.5, 0.6) is 11.5 Å². The van der Waals surface area contributed by atoms with E-state index in [0.29, 0.717) is 5.56 Å². The molecule has 0 bridgehead atoms. The van der Waals surface area contributed by atoms with Crippen LogP contribution in [-0.2, 0) is 16.4 Å². The molecule has 5 nitrogen and oxygen atoms in total. The molecule has 0 unspecified atom stereocenters. The molecule has 0 aliphatic heterocycles. The number of sulfone groups is 1. The molecule has 0 saturated carbocycles. The molecule has 0 aliphatic carbocycles. The van der Waals surface area contributed by atoms with Gasteiger partial charge in [-0.2, -0.15) is 14.0 Å². The summed E-state index contributed by atoms with van der Waals surface area (Å²) in [6.45, 7) is 1.57. The largest absolute Gasteiger partial charge is 0.456 e. The van der Waals surface area contributed by atoms with Crippen molar-refractivity contribution in [2.24, 2.45) is 0 Å². The first-order chi connectivity index (χ1) is 12.6. The first-order valence-electron chi connectivity index (χ1n) is 7.74. The fraction of sp³-hybridized carbons (Fsp3) is 0.278. The van der Waals surface area contributed by atoms with Crippen LogP contribution in [0.3, 0.4) is 0 Å². The fourth-order valence-corrected chi connectivity index (χ4v) is 3.50. The number of ether oxygens (including phenoxy) is 1. The predicted octanol–water partition coefficient (Wildman–Crippen LogP) is 3.86. The van der Waals surface area contributed by atoms with E-state index in [1.807, 2.05) is 6.07 Å². The zero-order valence-corrected chi connectivity index (χ0v) is 15.6. The molecule has 0 amide bonds. The Labute approximate surface area is 155 Å². The van der Waals surface area contributed by atoms with Gasteiger partial charge in [0.1, 0.15) is 28.9 Å². The zero-order valence-electron chi connectivity index (χ0n) is 14.8. The smallest absolute Gasteiger partial charge is 0.341 e. The third kappa shape index (κ3) is 4.59. The number of rotatable bonds is 6. The predicted molar refractivity (Wildman–Crippen MR) is 92.9 cm³/mol. The van der Waals surface area contributed by atoms with Crippen LogP contribution in [-0.4, -0.2) is 33.2 Å². The van der Waals surface area contributed by atoms with Gasteiger partial charge in [0.15, 0.2) is 0 Å². The van der Waals surface area contributed by atoms with Crippen molar-refractivity contribution in [2.45, 2.75) is 24.1 Å². The first-order valence-corrected chi connectivity index (χ1v) is 9.28. The molecule has 27 heavy (non-hydrogen) atoms. The maximum atomic E-state index is 13.6. The van der Waals surface area contributed by atoms with Gasteiger partial charge in [-0.3, -0.25) is 0 Å². The number of halogens is 3. The Morgan fingerprint density at radius 2 is 1.89 bits per heavy atom. The van der Waals surface area contributed by atoms with Gasteiger partial charge in [0.25, 0.3) is 0 Å². The van der Waals surface area contributed by atoms with Crippen molar-refractivity contribution >= 4 is 9.84 Å². The van der Waals surface area contributed by atoms with Crippen LogP contribution < -0.4 is 4.74 Å². The minimum absolute atomic E-state index is 0.0485. The summed E-state index contributed by atoms with van der Waals surface area (Å²) >= 11 is 0. The van der Waals surface area contributed by atoms with Crippen LogP contribution in [0.25, 0.3) is 0 Å². The number of hydrogen-bond acceptors (Lipinski definition) is 5. The van der Waals surface area contributed by atoms with Crippen molar-refractivity contribution in [2.75, 3.05) is 14.1 Å². The van der Waals surface area contributed by atoms with Gasteiger partial charge in [-0.1, -0.05) is 0 Å². The van der Waals surface area contributed by atoms with Gasteiger partial charge < -0.3 is 9.64 Å². The highest BCUT2D eigenvalue weighted by molar-refractivity contribution is 7.91. The second-order valence-corrected chi connectivity index (χ2v) is 8.02. The van der Waals surface area contributed by atoms with Crippen molar-refractivity contribution < 1.29 is 26.3 Å². The van der Waals surface area contributed by atoms with Gasteiger partial charge in [-0.15, -0.1) is 0 Å². The molecule has 0 radical (unpaired) electrons. The molecular formula is C18H17F3N2O3S. The number of alkyl halides is 2. The van der Waals surface area contributed by atoms with Crippen molar-refractivity contribution in [3.8, 4) is 17.6 Å². The van der Waals surface area contributed by atoms with E-state index in [-0.39, 0.29) is 29.2 Å².